The van der Waals surface area contributed by atoms with Crippen LogP contribution in [0.25, 0.3) is 0 Å². The molecule has 0 radical (unpaired) electrons. The Kier molecular flexibility index (Phi) is 8.45. The summed E-state index contributed by atoms with van der Waals surface area (Å²) in [5.41, 5.74) is 3.31. The zero-order valence-corrected chi connectivity index (χ0v) is 18.1. The van der Waals surface area contributed by atoms with Gasteiger partial charge in [0.2, 0.25) is 0 Å². The van der Waals surface area contributed by atoms with Crippen LogP contribution in [0.4, 0.5) is 0 Å². The molecule has 158 valence electrons. The van der Waals surface area contributed by atoms with Gasteiger partial charge >= 0.3 is 0 Å². The minimum Gasteiger partial charge on any atom is -0.496 e. The van der Waals surface area contributed by atoms with Gasteiger partial charge < -0.3 is 29.6 Å². The fourth-order valence-electron chi connectivity index (χ4n) is 3.05. The molecule has 2 aromatic rings. The van der Waals surface area contributed by atoms with Gasteiger partial charge in [-0.1, -0.05) is 17.7 Å². The summed E-state index contributed by atoms with van der Waals surface area (Å²) in [5.74, 6) is 3.60. The number of rotatable bonds is 9. The maximum atomic E-state index is 5.48. The molecule has 0 aliphatic carbocycles. The van der Waals surface area contributed by atoms with Gasteiger partial charge in [0, 0.05) is 31.8 Å². The van der Waals surface area contributed by atoms with Crippen LogP contribution in [0.5, 0.6) is 23.0 Å². The molecule has 0 fully saturated rings. The molecule has 7 heteroatoms. The molecular formula is C22H31N3O4. The van der Waals surface area contributed by atoms with E-state index in [0.717, 1.165) is 35.6 Å². The van der Waals surface area contributed by atoms with Gasteiger partial charge in [-0.05, 0) is 31.0 Å². The second-order valence-electron chi connectivity index (χ2n) is 6.44. The predicted molar refractivity (Wildman–Crippen MR) is 116 cm³/mol. The number of hydrogen-bond acceptors (Lipinski definition) is 5. The highest BCUT2D eigenvalue weighted by atomic mass is 16.5. The van der Waals surface area contributed by atoms with Crippen molar-refractivity contribution in [2.24, 2.45) is 4.99 Å². The van der Waals surface area contributed by atoms with E-state index in [1.165, 1.54) is 5.56 Å². The van der Waals surface area contributed by atoms with Crippen LogP contribution in [0.1, 0.15) is 16.7 Å². The Labute approximate surface area is 173 Å². The van der Waals surface area contributed by atoms with E-state index in [9.17, 15) is 0 Å². The summed E-state index contributed by atoms with van der Waals surface area (Å²) in [4.78, 5) is 4.29. The molecule has 0 amide bonds. The molecule has 7 nitrogen and oxygen atoms in total. The molecular weight excluding hydrogens is 370 g/mol. The zero-order valence-electron chi connectivity index (χ0n) is 18.1. The number of ether oxygens (including phenoxy) is 4. The topological polar surface area (TPSA) is 73.3 Å². The van der Waals surface area contributed by atoms with Crippen molar-refractivity contribution in [3.05, 3.63) is 47.0 Å². The van der Waals surface area contributed by atoms with E-state index in [0.29, 0.717) is 24.0 Å². The van der Waals surface area contributed by atoms with Gasteiger partial charge in [-0.15, -0.1) is 0 Å². The summed E-state index contributed by atoms with van der Waals surface area (Å²) < 4.78 is 21.6. The fourth-order valence-corrected chi connectivity index (χ4v) is 3.05. The number of nitrogens with zero attached hydrogens (tertiary/aromatic N) is 1. The molecule has 0 unspecified atom stereocenters. The van der Waals surface area contributed by atoms with Crippen LogP contribution in [-0.2, 0) is 13.0 Å². The fraction of sp³-hybridized carbons (Fsp3) is 0.409. The molecule has 0 atom stereocenters. The maximum Gasteiger partial charge on any atom is 0.191 e. The van der Waals surface area contributed by atoms with Gasteiger partial charge in [-0.25, -0.2) is 0 Å². The first kappa shape index (κ1) is 22.2. The Morgan fingerprint density at radius 1 is 0.793 bits per heavy atom. The summed E-state index contributed by atoms with van der Waals surface area (Å²) in [7, 11) is 8.28. The van der Waals surface area contributed by atoms with Crippen molar-refractivity contribution >= 4 is 5.96 Å². The SMILES string of the molecule is CN=C(NCCc1cc(C)ccc1OC)NCc1cc(OC)c(OC)cc1OC. The molecule has 29 heavy (non-hydrogen) atoms. The van der Waals surface area contributed by atoms with Crippen molar-refractivity contribution in [3.8, 4) is 23.0 Å². The number of guanidine groups is 1. The molecule has 2 aromatic carbocycles. The first-order valence-corrected chi connectivity index (χ1v) is 9.43. The number of methoxy groups -OCH3 is 4. The molecule has 0 saturated carbocycles. The van der Waals surface area contributed by atoms with Gasteiger partial charge in [-0.2, -0.15) is 0 Å². The predicted octanol–water partition coefficient (Wildman–Crippen LogP) is 2.94. The highest BCUT2D eigenvalue weighted by molar-refractivity contribution is 5.79. The van der Waals surface area contributed by atoms with Crippen molar-refractivity contribution in [2.75, 3.05) is 42.0 Å². The van der Waals surface area contributed by atoms with E-state index in [1.807, 2.05) is 24.3 Å². The summed E-state index contributed by atoms with van der Waals surface area (Å²) in [6.07, 6.45) is 0.825. The molecule has 0 aliphatic rings. The van der Waals surface area contributed by atoms with Crippen LogP contribution in [-0.4, -0.2) is 48.0 Å². The average Bonchev–Trinajstić information content (AvgIpc) is 2.75. The van der Waals surface area contributed by atoms with Crippen LogP contribution in [0.3, 0.4) is 0 Å². The van der Waals surface area contributed by atoms with Crippen molar-refractivity contribution < 1.29 is 18.9 Å². The number of benzene rings is 2. The normalized spacial score (nSPS) is 11.0. The lowest BCUT2D eigenvalue weighted by Gasteiger charge is -2.16. The van der Waals surface area contributed by atoms with E-state index < -0.39 is 0 Å². The van der Waals surface area contributed by atoms with Crippen LogP contribution in [0.2, 0.25) is 0 Å². The summed E-state index contributed by atoms with van der Waals surface area (Å²) in [6, 6.07) is 9.91. The summed E-state index contributed by atoms with van der Waals surface area (Å²) >= 11 is 0. The number of hydrogen-bond donors (Lipinski definition) is 2. The van der Waals surface area contributed by atoms with Crippen LogP contribution in [0.15, 0.2) is 35.3 Å². The monoisotopic (exact) mass is 401 g/mol. The molecule has 0 aliphatic heterocycles. The summed E-state index contributed by atoms with van der Waals surface area (Å²) in [6.45, 7) is 3.33. The number of aryl methyl sites for hydroxylation is 1. The molecule has 0 aromatic heterocycles. The van der Waals surface area contributed by atoms with Crippen molar-refractivity contribution in [1.29, 1.82) is 0 Å². The standard InChI is InChI=1S/C22H31N3O4/c1-15-7-8-18(26-3)16(11-15)9-10-24-22(23-2)25-14-17-12-20(28-5)21(29-6)13-19(17)27-4/h7-8,11-13H,9-10,14H2,1-6H3,(H2,23,24,25). The first-order valence-electron chi connectivity index (χ1n) is 9.43. The number of aliphatic imine (C=N–C) groups is 1. The second-order valence-corrected chi connectivity index (χ2v) is 6.44. The molecule has 2 N–H and O–H groups in total. The molecule has 0 saturated heterocycles. The highest BCUT2D eigenvalue weighted by Crippen LogP contribution is 2.34. The molecule has 0 bridgehead atoms. The third kappa shape index (κ3) is 5.94. The van der Waals surface area contributed by atoms with Crippen LogP contribution >= 0.6 is 0 Å². The lowest BCUT2D eigenvalue weighted by atomic mass is 10.1. The van der Waals surface area contributed by atoms with Gasteiger partial charge in [0.05, 0.1) is 28.4 Å². The van der Waals surface area contributed by atoms with E-state index >= 15 is 0 Å². The van der Waals surface area contributed by atoms with Crippen molar-refractivity contribution in [1.82, 2.24) is 10.6 Å². The number of nitrogens with one attached hydrogen (secondary N) is 2. The minimum absolute atomic E-state index is 0.525. The van der Waals surface area contributed by atoms with Gasteiger partial charge in [0.1, 0.15) is 11.5 Å². The van der Waals surface area contributed by atoms with Gasteiger partial charge in [0.15, 0.2) is 17.5 Å². The summed E-state index contributed by atoms with van der Waals surface area (Å²) in [5, 5.41) is 6.64. The maximum absolute atomic E-state index is 5.48. The minimum atomic E-state index is 0.525. The lowest BCUT2D eigenvalue weighted by Crippen LogP contribution is -2.38. The van der Waals surface area contributed by atoms with Crippen LogP contribution < -0.4 is 29.6 Å². The highest BCUT2D eigenvalue weighted by Gasteiger charge is 2.12. The Balaban J connectivity index is 1.98. The Hall–Kier alpha value is -3.09. The molecule has 2 rings (SSSR count). The largest absolute Gasteiger partial charge is 0.496 e. The van der Waals surface area contributed by atoms with E-state index in [-0.39, 0.29) is 0 Å². The second kappa shape index (κ2) is 11.0. The van der Waals surface area contributed by atoms with Gasteiger partial charge in [-0.3, -0.25) is 4.99 Å². The quantitative estimate of drug-likeness (QED) is 0.497. The lowest BCUT2D eigenvalue weighted by molar-refractivity contribution is 0.347. The van der Waals surface area contributed by atoms with Crippen LogP contribution in [0, 0.1) is 6.92 Å². The Morgan fingerprint density at radius 2 is 1.45 bits per heavy atom. The third-order valence-electron chi connectivity index (χ3n) is 4.58. The Morgan fingerprint density at radius 3 is 2.07 bits per heavy atom. The first-order chi connectivity index (χ1) is 14.1. The van der Waals surface area contributed by atoms with E-state index in [2.05, 4.69) is 28.6 Å². The smallest absolute Gasteiger partial charge is 0.191 e. The van der Waals surface area contributed by atoms with E-state index in [4.69, 9.17) is 18.9 Å². The molecule has 0 heterocycles. The van der Waals surface area contributed by atoms with Crippen molar-refractivity contribution in [2.45, 2.75) is 19.9 Å². The van der Waals surface area contributed by atoms with Crippen molar-refractivity contribution in [3.63, 3.8) is 0 Å². The van der Waals surface area contributed by atoms with E-state index in [1.54, 1.807) is 35.5 Å². The molecule has 0 spiro atoms. The third-order valence-corrected chi connectivity index (χ3v) is 4.58. The average molecular weight is 402 g/mol. The van der Waals surface area contributed by atoms with Gasteiger partial charge in [0.25, 0.3) is 0 Å². The zero-order chi connectivity index (χ0) is 21.2. The Bertz CT molecular complexity index is 837.